The number of rotatable bonds is 3. The van der Waals surface area contributed by atoms with E-state index >= 15 is 0 Å². The van der Waals surface area contributed by atoms with Crippen LogP contribution in [0.15, 0.2) is 24.3 Å². The summed E-state index contributed by atoms with van der Waals surface area (Å²) in [5, 5.41) is 6.96. The fourth-order valence-corrected chi connectivity index (χ4v) is 1.98. The third-order valence-electron chi connectivity index (χ3n) is 3.42. The van der Waals surface area contributed by atoms with Crippen LogP contribution >= 0.6 is 0 Å². The average molecular weight is 247 g/mol. The molecule has 0 amide bonds. The first-order valence-electron chi connectivity index (χ1n) is 6.11. The van der Waals surface area contributed by atoms with Gasteiger partial charge in [-0.05, 0) is 12.0 Å². The number of nitrogens with zero attached hydrogens (tertiary/aromatic N) is 1. The summed E-state index contributed by atoms with van der Waals surface area (Å²) >= 11 is 0. The summed E-state index contributed by atoms with van der Waals surface area (Å²) in [5.74, 6) is 0.741. The van der Waals surface area contributed by atoms with E-state index in [9.17, 15) is 4.39 Å². The van der Waals surface area contributed by atoms with Crippen LogP contribution in [0, 0.1) is 11.7 Å². The third kappa shape index (κ3) is 2.10. The van der Waals surface area contributed by atoms with Crippen LogP contribution in [-0.2, 0) is 0 Å². The van der Waals surface area contributed by atoms with Gasteiger partial charge in [0.1, 0.15) is 5.82 Å². The zero-order chi connectivity index (χ0) is 13.3. The van der Waals surface area contributed by atoms with Crippen molar-refractivity contribution in [3.63, 3.8) is 0 Å². The molecular formula is C14H18FN3. The number of aromatic nitrogens is 2. The first kappa shape index (κ1) is 12.6. The van der Waals surface area contributed by atoms with E-state index < -0.39 is 0 Å². The van der Waals surface area contributed by atoms with E-state index in [1.165, 1.54) is 6.07 Å². The number of H-pyrrole nitrogens is 1. The van der Waals surface area contributed by atoms with Gasteiger partial charge in [0.2, 0.25) is 0 Å². The summed E-state index contributed by atoms with van der Waals surface area (Å²) < 4.78 is 13.9. The zero-order valence-electron chi connectivity index (χ0n) is 10.9. The molecule has 96 valence electrons. The molecule has 0 aliphatic heterocycles. The molecule has 0 spiro atoms. The van der Waals surface area contributed by atoms with Crippen molar-refractivity contribution in [3.8, 4) is 11.1 Å². The summed E-state index contributed by atoms with van der Waals surface area (Å²) in [6.07, 6.45) is 0. The maximum absolute atomic E-state index is 13.9. The lowest BCUT2D eigenvalue weighted by Crippen LogP contribution is -2.04. The van der Waals surface area contributed by atoms with E-state index in [2.05, 4.69) is 31.0 Å². The summed E-state index contributed by atoms with van der Waals surface area (Å²) in [4.78, 5) is 0. The fraction of sp³-hybridized carbons (Fsp3) is 0.357. The lowest BCUT2D eigenvalue weighted by molar-refractivity contribution is 0.523. The van der Waals surface area contributed by atoms with Crippen LogP contribution in [0.3, 0.4) is 0 Å². The highest BCUT2D eigenvalue weighted by Gasteiger charge is 2.22. The highest BCUT2D eigenvalue weighted by molar-refractivity contribution is 5.77. The minimum Gasteiger partial charge on any atom is -0.382 e. The molecule has 1 heterocycles. The summed E-state index contributed by atoms with van der Waals surface area (Å²) in [6, 6.07) is 6.63. The Labute approximate surface area is 106 Å². The summed E-state index contributed by atoms with van der Waals surface area (Å²) in [5.41, 5.74) is 7.96. The molecular weight excluding hydrogens is 229 g/mol. The van der Waals surface area contributed by atoms with Gasteiger partial charge in [-0.2, -0.15) is 5.10 Å². The number of anilines is 1. The molecule has 1 aromatic heterocycles. The van der Waals surface area contributed by atoms with Gasteiger partial charge in [0.25, 0.3) is 0 Å². The van der Waals surface area contributed by atoms with Gasteiger partial charge >= 0.3 is 0 Å². The summed E-state index contributed by atoms with van der Waals surface area (Å²) in [6.45, 7) is 6.32. The molecule has 1 atom stereocenters. The number of nitrogen functional groups attached to an aromatic ring is 1. The molecule has 0 aliphatic rings. The lowest BCUT2D eigenvalue weighted by Gasteiger charge is -2.16. The van der Waals surface area contributed by atoms with E-state index in [1.807, 2.05) is 0 Å². The second kappa shape index (κ2) is 4.80. The highest BCUT2D eigenvalue weighted by Crippen LogP contribution is 2.36. The molecule has 0 bridgehead atoms. The maximum Gasteiger partial charge on any atom is 0.153 e. The molecule has 1 aromatic carbocycles. The molecule has 0 aliphatic carbocycles. The van der Waals surface area contributed by atoms with Gasteiger partial charge in [0.05, 0.1) is 0 Å². The van der Waals surface area contributed by atoms with Gasteiger partial charge in [-0.1, -0.05) is 39.0 Å². The first-order chi connectivity index (χ1) is 8.52. The van der Waals surface area contributed by atoms with Crippen LogP contribution in [0.5, 0.6) is 0 Å². The Bertz CT molecular complexity index is 546. The average Bonchev–Trinajstić information content (AvgIpc) is 2.71. The van der Waals surface area contributed by atoms with Crippen LogP contribution in [0.1, 0.15) is 32.4 Å². The van der Waals surface area contributed by atoms with Crippen molar-refractivity contribution in [2.24, 2.45) is 5.92 Å². The number of nitrogens with one attached hydrogen (secondary N) is 1. The van der Waals surface area contributed by atoms with Crippen molar-refractivity contribution in [2.75, 3.05) is 5.73 Å². The molecule has 18 heavy (non-hydrogen) atoms. The molecule has 1 unspecified atom stereocenters. The quantitative estimate of drug-likeness (QED) is 0.871. The zero-order valence-corrected chi connectivity index (χ0v) is 10.9. The van der Waals surface area contributed by atoms with Gasteiger partial charge in [0.15, 0.2) is 5.82 Å². The van der Waals surface area contributed by atoms with E-state index in [0.29, 0.717) is 22.9 Å². The Hall–Kier alpha value is -1.84. The predicted molar refractivity (Wildman–Crippen MR) is 71.6 cm³/mol. The molecule has 0 saturated carbocycles. The smallest absolute Gasteiger partial charge is 0.153 e. The largest absolute Gasteiger partial charge is 0.382 e. The lowest BCUT2D eigenvalue weighted by atomic mass is 9.90. The Morgan fingerprint density at radius 3 is 2.50 bits per heavy atom. The number of aromatic amines is 1. The molecule has 0 fully saturated rings. The Kier molecular flexibility index (Phi) is 3.36. The van der Waals surface area contributed by atoms with Crippen LogP contribution < -0.4 is 5.73 Å². The maximum atomic E-state index is 13.9. The summed E-state index contributed by atoms with van der Waals surface area (Å²) in [7, 11) is 0. The normalized spacial score (nSPS) is 12.9. The van der Waals surface area contributed by atoms with Gasteiger partial charge < -0.3 is 5.73 Å². The topological polar surface area (TPSA) is 54.7 Å². The van der Waals surface area contributed by atoms with E-state index in [-0.39, 0.29) is 11.7 Å². The van der Waals surface area contributed by atoms with Crippen LogP contribution in [0.2, 0.25) is 0 Å². The molecule has 2 rings (SSSR count). The second-order valence-corrected chi connectivity index (χ2v) is 4.91. The van der Waals surface area contributed by atoms with Gasteiger partial charge in [-0.15, -0.1) is 0 Å². The van der Waals surface area contributed by atoms with Crippen molar-refractivity contribution < 1.29 is 4.39 Å². The molecule has 2 aromatic rings. The van der Waals surface area contributed by atoms with Gasteiger partial charge in [0, 0.05) is 22.7 Å². The number of nitrogens with two attached hydrogens (primary N) is 1. The minimum atomic E-state index is -0.275. The molecule has 0 saturated heterocycles. The van der Waals surface area contributed by atoms with E-state index in [0.717, 1.165) is 5.69 Å². The number of hydrogen-bond acceptors (Lipinski definition) is 2. The van der Waals surface area contributed by atoms with Gasteiger partial charge in [-0.25, -0.2) is 4.39 Å². The highest BCUT2D eigenvalue weighted by atomic mass is 19.1. The third-order valence-corrected chi connectivity index (χ3v) is 3.42. The molecule has 3 nitrogen and oxygen atoms in total. The van der Waals surface area contributed by atoms with E-state index in [1.54, 1.807) is 18.2 Å². The number of benzene rings is 1. The van der Waals surface area contributed by atoms with Crippen molar-refractivity contribution in [1.82, 2.24) is 10.2 Å². The molecule has 3 N–H and O–H groups in total. The fourth-order valence-electron chi connectivity index (χ4n) is 1.98. The van der Waals surface area contributed by atoms with Crippen molar-refractivity contribution in [3.05, 3.63) is 35.8 Å². The Balaban J connectivity index is 2.58. The van der Waals surface area contributed by atoms with Crippen LogP contribution in [-0.4, -0.2) is 10.2 Å². The first-order valence-corrected chi connectivity index (χ1v) is 6.11. The number of halogens is 1. The standard InChI is InChI=1S/C14H18FN3/c1-8(2)9(3)13-12(14(16)18-17-13)10-6-4-5-7-11(10)15/h4-9H,1-3H3,(H3,16,17,18). The van der Waals surface area contributed by atoms with Crippen molar-refractivity contribution >= 4 is 5.82 Å². The monoisotopic (exact) mass is 247 g/mol. The minimum absolute atomic E-state index is 0.240. The SMILES string of the molecule is CC(C)C(C)c1[nH]nc(N)c1-c1ccccc1F. The molecule has 0 radical (unpaired) electrons. The Morgan fingerprint density at radius 1 is 1.22 bits per heavy atom. The number of hydrogen-bond donors (Lipinski definition) is 2. The van der Waals surface area contributed by atoms with Crippen LogP contribution in [0.25, 0.3) is 11.1 Å². The van der Waals surface area contributed by atoms with Crippen molar-refractivity contribution in [1.29, 1.82) is 0 Å². The Morgan fingerprint density at radius 2 is 1.89 bits per heavy atom. The second-order valence-electron chi connectivity index (χ2n) is 4.91. The van der Waals surface area contributed by atoms with E-state index in [4.69, 9.17) is 5.73 Å². The van der Waals surface area contributed by atoms with Crippen molar-refractivity contribution in [2.45, 2.75) is 26.7 Å². The predicted octanol–water partition coefficient (Wildman–Crippen LogP) is 3.56. The van der Waals surface area contributed by atoms with Crippen LogP contribution in [0.4, 0.5) is 10.2 Å². The van der Waals surface area contributed by atoms with Gasteiger partial charge in [-0.3, -0.25) is 5.10 Å². The molecule has 4 heteroatoms.